The van der Waals surface area contributed by atoms with Crippen LogP contribution in [0.5, 0.6) is 0 Å². The van der Waals surface area contributed by atoms with Crippen LogP contribution < -0.4 is 5.32 Å². The molecule has 1 aromatic rings. The molecular formula is C7H12N4. The van der Waals surface area contributed by atoms with Gasteiger partial charge in [-0.2, -0.15) is 5.10 Å². The van der Waals surface area contributed by atoms with Crippen LogP contribution in [0.2, 0.25) is 0 Å². The molecule has 0 aliphatic heterocycles. The molecular weight excluding hydrogens is 140 g/mol. The van der Waals surface area contributed by atoms with E-state index in [1.807, 2.05) is 20.0 Å². The lowest BCUT2D eigenvalue weighted by atomic mass is 10.5. The van der Waals surface area contributed by atoms with Gasteiger partial charge in [-0.1, -0.05) is 0 Å². The predicted molar refractivity (Wildman–Crippen MR) is 45.9 cm³/mol. The lowest BCUT2D eigenvalue weighted by molar-refractivity contribution is 0.777. The summed E-state index contributed by atoms with van der Waals surface area (Å²) in [5.41, 5.74) is 0. The van der Waals surface area contributed by atoms with Gasteiger partial charge >= 0.3 is 0 Å². The summed E-state index contributed by atoms with van der Waals surface area (Å²) in [5, 5.41) is 7.09. The zero-order chi connectivity index (χ0) is 8.27. The van der Waals surface area contributed by atoms with E-state index in [1.54, 1.807) is 17.9 Å². The zero-order valence-electron chi connectivity index (χ0n) is 7.00. The molecule has 11 heavy (non-hydrogen) atoms. The Kier molecular flexibility index (Phi) is 2.25. The van der Waals surface area contributed by atoms with Crippen molar-refractivity contribution in [2.75, 3.05) is 12.4 Å². The van der Waals surface area contributed by atoms with Crippen molar-refractivity contribution in [2.24, 2.45) is 12.0 Å². The molecule has 0 fully saturated rings. The minimum absolute atomic E-state index is 0.883. The Morgan fingerprint density at radius 1 is 1.73 bits per heavy atom. The zero-order valence-corrected chi connectivity index (χ0v) is 7.00. The second-order valence-corrected chi connectivity index (χ2v) is 2.27. The van der Waals surface area contributed by atoms with Gasteiger partial charge in [-0.25, -0.2) is 0 Å². The highest BCUT2D eigenvalue weighted by atomic mass is 15.3. The summed E-state index contributed by atoms with van der Waals surface area (Å²) >= 11 is 0. The lowest BCUT2D eigenvalue weighted by Gasteiger charge is -2.03. The molecule has 0 aliphatic carbocycles. The molecule has 0 aromatic carbocycles. The van der Waals surface area contributed by atoms with Crippen LogP contribution in [0.3, 0.4) is 0 Å². The van der Waals surface area contributed by atoms with E-state index in [4.69, 9.17) is 0 Å². The Labute approximate surface area is 65.9 Å². The molecule has 0 bridgehead atoms. The first-order chi connectivity index (χ1) is 5.24. The number of amidine groups is 1. The SMILES string of the molecule is CN=C(C)Nc1ccnn1C. The Morgan fingerprint density at radius 3 is 2.91 bits per heavy atom. The molecule has 0 spiro atoms. The molecule has 0 aliphatic rings. The number of aliphatic imine (C=N–C) groups is 1. The predicted octanol–water partition coefficient (Wildman–Crippen LogP) is 0.880. The van der Waals surface area contributed by atoms with Gasteiger partial charge in [0.05, 0.1) is 12.0 Å². The lowest BCUT2D eigenvalue weighted by Crippen LogP contribution is -2.10. The van der Waals surface area contributed by atoms with Crippen molar-refractivity contribution in [1.29, 1.82) is 0 Å². The topological polar surface area (TPSA) is 42.2 Å². The molecule has 0 saturated carbocycles. The second kappa shape index (κ2) is 3.18. The minimum Gasteiger partial charge on any atom is -0.329 e. The Bertz CT molecular complexity index is 261. The van der Waals surface area contributed by atoms with Gasteiger partial charge in [0.25, 0.3) is 0 Å². The molecule has 0 amide bonds. The van der Waals surface area contributed by atoms with Crippen LogP contribution in [0, 0.1) is 0 Å². The normalized spacial score (nSPS) is 11.7. The molecule has 0 unspecified atom stereocenters. The maximum absolute atomic E-state index is 4.00. The van der Waals surface area contributed by atoms with Crippen LogP contribution in [-0.2, 0) is 7.05 Å². The minimum atomic E-state index is 0.883. The molecule has 4 nitrogen and oxygen atoms in total. The first kappa shape index (κ1) is 7.78. The van der Waals surface area contributed by atoms with Crippen molar-refractivity contribution in [2.45, 2.75) is 6.92 Å². The van der Waals surface area contributed by atoms with Crippen molar-refractivity contribution < 1.29 is 0 Å². The summed E-state index contributed by atoms with van der Waals surface area (Å²) in [6.07, 6.45) is 1.74. The van der Waals surface area contributed by atoms with Crippen LogP contribution in [-0.4, -0.2) is 22.7 Å². The largest absolute Gasteiger partial charge is 0.329 e. The average molecular weight is 152 g/mol. The van der Waals surface area contributed by atoms with Gasteiger partial charge in [0.15, 0.2) is 0 Å². The van der Waals surface area contributed by atoms with Crippen molar-refractivity contribution >= 4 is 11.7 Å². The fourth-order valence-electron chi connectivity index (χ4n) is 0.738. The maximum Gasteiger partial charge on any atom is 0.129 e. The van der Waals surface area contributed by atoms with E-state index in [1.165, 1.54) is 0 Å². The van der Waals surface area contributed by atoms with Crippen molar-refractivity contribution in [3.63, 3.8) is 0 Å². The van der Waals surface area contributed by atoms with Gasteiger partial charge in [-0.15, -0.1) is 0 Å². The highest BCUT2D eigenvalue weighted by Gasteiger charge is 1.96. The molecule has 0 radical (unpaired) electrons. The summed E-state index contributed by atoms with van der Waals surface area (Å²) in [6.45, 7) is 1.91. The average Bonchev–Trinajstić information content (AvgIpc) is 2.37. The van der Waals surface area contributed by atoms with Gasteiger partial charge in [-0.3, -0.25) is 9.67 Å². The molecule has 60 valence electrons. The summed E-state index contributed by atoms with van der Waals surface area (Å²) in [7, 11) is 3.63. The number of nitrogens with one attached hydrogen (secondary N) is 1. The number of anilines is 1. The summed E-state index contributed by atoms with van der Waals surface area (Å²) < 4.78 is 1.76. The van der Waals surface area contributed by atoms with Gasteiger partial charge in [0.1, 0.15) is 5.82 Å². The third-order valence-electron chi connectivity index (χ3n) is 1.47. The highest BCUT2D eigenvalue weighted by molar-refractivity contribution is 5.92. The Morgan fingerprint density at radius 2 is 2.45 bits per heavy atom. The smallest absolute Gasteiger partial charge is 0.129 e. The van der Waals surface area contributed by atoms with Gasteiger partial charge in [0.2, 0.25) is 0 Å². The van der Waals surface area contributed by atoms with Gasteiger partial charge in [0, 0.05) is 20.2 Å². The number of nitrogens with zero attached hydrogens (tertiary/aromatic N) is 3. The Hall–Kier alpha value is -1.32. The van der Waals surface area contributed by atoms with Crippen molar-refractivity contribution in [1.82, 2.24) is 9.78 Å². The number of aromatic nitrogens is 2. The quantitative estimate of drug-likeness (QED) is 0.479. The molecule has 1 aromatic heterocycles. The molecule has 1 heterocycles. The fraction of sp³-hybridized carbons (Fsp3) is 0.429. The monoisotopic (exact) mass is 152 g/mol. The van der Waals surface area contributed by atoms with Crippen LogP contribution >= 0.6 is 0 Å². The summed E-state index contributed by atoms with van der Waals surface area (Å²) in [6, 6.07) is 1.90. The van der Waals surface area contributed by atoms with E-state index in [2.05, 4.69) is 15.4 Å². The Balaban J connectivity index is 2.72. The highest BCUT2D eigenvalue weighted by Crippen LogP contribution is 2.02. The molecule has 1 N–H and O–H groups in total. The standard InChI is InChI=1S/C7H12N4/c1-6(8-2)10-7-4-5-9-11(7)3/h4-5H,1-3H3,(H,8,10). The van der Waals surface area contributed by atoms with Gasteiger partial charge < -0.3 is 5.32 Å². The summed E-state index contributed by atoms with van der Waals surface area (Å²) in [5.74, 6) is 1.83. The van der Waals surface area contributed by atoms with Crippen molar-refractivity contribution in [3.05, 3.63) is 12.3 Å². The van der Waals surface area contributed by atoms with E-state index in [0.717, 1.165) is 11.7 Å². The first-order valence-electron chi connectivity index (χ1n) is 3.42. The van der Waals surface area contributed by atoms with E-state index in [0.29, 0.717) is 0 Å². The van der Waals surface area contributed by atoms with Crippen molar-refractivity contribution in [3.8, 4) is 0 Å². The first-order valence-corrected chi connectivity index (χ1v) is 3.42. The molecule has 1 rings (SSSR count). The van der Waals surface area contributed by atoms with Crippen LogP contribution in [0.4, 0.5) is 5.82 Å². The number of rotatable bonds is 1. The molecule has 0 atom stereocenters. The van der Waals surface area contributed by atoms with Crippen LogP contribution in [0.15, 0.2) is 17.3 Å². The van der Waals surface area contributed by atoms with Gasteiger partial charge in [-0.05, 0) is 6.92 Å². The fourth-order valence-corrected chi connectivity index (χ4v) is 0.738. The molecule has 0 saturated heterocycles. The second-order valence-electron chi connectivity index (χ2n) is 2.27. The van der Waals surface area contributed by atoms with Crippen LogP contribution in [0.25, 0.3) is 0 Å². The third-order valence-corrected chi connectivity index (χ3v) is 1.47. The number of aryl methyl sites for hydroxylation is 1. The molecule has 4 heteroatoms. The summed E-state index contributed by atoms with van der Waals surface area (Å²) in [4.78, 5) is 3.97. The number of hydrogen-bond acceptors (Lipinski definition) is 2. The third kappa shape index (κ3) is 1.80. The number of hydrogen-bond donors (Lipinski definition) is 1. The van der Waals surface area contributed by atoms with E-state index >= 15 is 0 Å². The van der Waals surface area contributed by atoms with Crippen LogP contribution in [0.1, 0.15) is 6.92 Å². The maximum atomic E-state index is 4.00. The van der Waals surface area contributed by atoms with E-state index in [-0.39, 0.29) is 0 Å². The van der Waals surface area contributed by atoms with E-state index in [9.17, 15) is 0 Å². The van der Waals surface area contributed by atoms with E-state index < -0.39 is 0 Å².